The molecular formula is C17H23F3OSi. The molecule has 0 saturated heterocycles. The Labute approximate surface area is 132 Å². The Morgan fingerprint density at radius 1 is 1.18 bits per heavy atom. The molecule has 122 valence electrons. The third-order valence-electron chi connectivity index (χ3n) is 3.33. The fourth-order valence-electron chi connectivity index (χ4n) is 2.34. The molecule has 0 amide bonds. The SMILES string of the molecule is C#CC(c1cccc(C(F)(F)F)c1)C(O[SiH](C)C)C(C)(C)C. The summed E-state index contributed by atoms with van der Waals surface area (Å²) in [7, 11) is -1.39. The minimum absolute atomic E-state index is 0.261. The molecule has 0 aliphatic rings. The molecule has 0 heterocycles. The maximum Gasteiger partial charge on any atom is 0.416 e. The zero-order valence-corrected chi connectivity index (χ0v) is 14.8. The number of halogens is 3. The number of benzene rings is 1. The molecule has 0 radical (unpaired) electrons. The van der Waals surface area contributed by atoms with Crippen LogP contribution in [0, 0.1) is 17.8 Å². The molecule has 1 rings (SSSR count). The van der Waals surface area contributed by atoms with E-state index in [-0.39, 0.29) is 11.5 Å². The molecule has 0 N–H and O–H groups in total. The van der Waals surface area contributed by atoms with E-state index in [1.165, 1.54) is 6.07 Å². The highest BCUT2D eigenvalue weighted by molar-refractivity contribution is 6.48. The Hall–Kier alpha value is -1.25. The van der Waals surface area contributed by atoms with Crippen molar-refractivity contribution in [1.82, 2.24) is 0 Å². The van der Waals surface area contributed by atoms with Gasteiger partial charge in [-0.1, -0.05) is 44.9 Å². The van der Waals surface area contributed by atoms with Gasteiger partial charge in [0.1, 0.15) is 0 Å². The second-order valence-corrected chi connectivity index (χ2v) is 9.11. The maximum absolute atomic E-state index is 12.9. The van der Waals surface area contributed by atoms with E-state index in [4.69, 9.17) is 10.8 Å². The number of alkyl halides is 3. The van der Waals surface area contributed by atoms with Crippen molar-refractivity contribution in [2.24, 2.45) is 5.41 Å². The smallest absolute Gasteiger partial charge is 0.416 e. The van der Waals surface area contributed by atoms with Crippen molar-refractivity contribution >= 4 is 9.04 Å². The molecule has 0 aliphatic carbocycles. The van der Waals surface area contributed by atoms with Crippen molar-refractivity contribution < 1.29 is 17.6 Å². The summed E-state index contributed by atoms with van der Waals surface area (Å²) in [5, 5.41) is 0. The lowest BCUT2D eigenvalue weighted by atomic mass is 9.78. The minimum atomic E-state index is -4.37. The molecule has 1 nitrogen and oxygen atoms in total. The predicted octanol–water partition coefficient (Wildman–Crippen LogP) is 4.84. The van der Waals surface area contributed by atoms with Gasteiger partial charge in [-0.2, -0.15) is 13.2 Å². The van der Waals surface area contributed by atoms with Crippen molar-refractivity contribution in [3.63, 3.8) is 0 Å². The number of rotatable bonds is 4. The highest BCUT2D eigenvalue weighted by atomic mass is 28.3. The van der Waals surface area contributed by atoms with Crippen LogP contribution in [0.1, 0.15) is 37.8 Å². The van der Waals surface area contributed by atoms with E-state index in [2.05, 4.69) is 5.92 Å². The standard InChI is InChI=1S/C17H23F3OSi/c1-7-14(15(16(2,3)4)21-22(5)6)12-9-8-10-13(11-12)17(18,19)20/h1,8-11,14-15,22H,2-6H3. The first-order chi connectivity index (χ1) is 9.96. The molecule has 0 aliphatic heterocycles. The van der Waals surface area contributed by atoms with Gasteiger partial charge in [0.15, 0.2) is 9.04 Å². The summed E-state index contributed by atoms with van der Waals surface area (Å²) in [5.74, 6) is 2.14. The normalized spacial score (nSPS) is 15.5. The van der Waals surface area contributed by atoms with Crippen molar-refractivity contribution in [3.8, 4) is 12.3 Å². The van der Waals surface area contributed by atoms with E-state index >= 15 is 0 Å². The number of terminal acetylenes is 1. The van der Waals surface area contributed by atoms with Gasteiger partial charge in [-0.3, -0.25) is 0 Å². The predicted molar refractivity (Wildman–Crippen MR) is 86.2 cm³/mol. The van der Waals surface area contributed by atoms with Gasteiger partial charge in [0, 0.05) is 0 Å². The number of hydrogen-bond donors (Lipinski definition) is 0. The molecular weight excluding hydrogens is 305 g/mol. The van der Waals surface area contributed by atoms with Gasteiger partial charge in [-0.15, -0.1) is 6.42 Å². The van der Waals surface area contributed by atoms with Crippen LogP contribution >= 0.6 is 0 Å². The van der Waals surface area contributed by atoms with E-state index in [1.54, 1.807) is 6.07 Å². The molecule has 0 spiro atoms. The van der Waals surface area contributed by atoms with Crippen LogP contribution in [0.5, 0.6) is 0 Å². The summed E-state index contributed by atoms with van der Waals surface area (Å²) in [6.07, 6.45) is 0.954. The lowest BCUT2D eigenvalue weighted by Gasteiger charge is -2.36. The molecule has 5 heteroatoms. The first kappa shape index (κ1) is 18.8. The van der Waals surface area contributed by atoms with Gasteiger partial charge in [0.05, 0.1) is 17.6 Å². The molecule has 1 aromatic carbocycles. The summed E-state index contributed by atoms with van der Waals surface area (Å²) in [6, 6.07) is 5.23. The van der Waals surface area contributed by atoms with Crippen LogP contribution in [0.15, 0.2) is 24.3 Å². The van der Waals surface area contributed by atoms with E-state index < -0.39 is 26.7 Å². The van der Waals surface area contributed by atoms with E-state index in [9.17, 15) is 13.2 Å². The van der Waals surface area contributed by atoms with Crippen molar-refractivity contribution in [2.45, 2.75) is 52.1 Å². The van der Waals surface area contributed by atoms with E-state index in [0.29, 0.717) is 5.56 Å². The Balaban J connectivity index is 3.27. The first-order valence-corrected chi connectivity index (χ1v) is 10.0. The Morgan fingerprint density at radius 2 is 1.77 bits per heavy atom. The second-order valence-electron chi connectivity index (χ2n) is 6.74. The van der Waals surface area contributed by atoms with Crippen LogP contribution in [0.4, 0.5) is 13.2 Å². The van der Waals surface area contributed by atoms with Crippen LogP contribution in [-0.2, 0) is 10.6 Å². The average molecular weight is 328 g/mol. The Bertz CT molecular complexity index is 538. The molecule has 0 bridgehead atoms. The molecule has 2 unspecified atom stereocenters. The average Bonchev–Trinajstić information content (AvgIpc) is 2.36. The van der Waals surface area contributed by atoms with E-state index in [0.717, 1.165) is 12.1 Å². The van der Waals surface area contributed by atoms with Gasteiger partial charge in [-0.05, 0) is 30.1 Å². The zero-order valence-electron chi connectivity index (χ0n) is 13.7. The molecule has 0 aromatic heterocycles. The lowest BCUT2D eigenvalue weighted by Crippen LogP contribution is -2.38. The summed E-state index contributed by atoms with van der Waals surface area (Å²) in [4.78, 5) is 0. The van der Waals surface area contributed by atoms with Gasteiger partial charge in [-0.25, -0.2) is 0 Å². The van der Waals surface area contributed by atoms with Crippen molar-refractivity contribution in [1.29, 1.82) is 0 Å². The van der Waals surface area contributed by atoms with Crippen LogP contribution in [0.2, 0.25) is 13.1 Å². The molecule has 1 aromatic rings. The van der Waals surface area contributed by atoms with Crippen LogP contribution in [0.3, 0.4) is 0 Å². The highest BCUT2D eigenvalue weighted by Gasteiger charge is 2.36. The molecule has 0 fully saturated rings. The third-order valence-corrected chi connectivity index (χ3v) is 4.17. The van der Waals surface area contributed by atoms with Gasteiger partial charge >= 0.3 is 6.18 Å². The maximum atomic E-state index is 12.9. The Kier molecular flexibility index (Phi) is 5.88. The Morgan fingerprint density at radius 3 is 2.18 bits per heavy atom. The summed E-state index contributed by atoms with van der Waals surface area (Å²) >= 11 is 0. The van der Waals surface area contributed by atoms with Crippen LogP contribution in [0.25, 0.3) is 0 Å². The van der Waals surface area contributed by atoms with Crippen LogP contribution in [-0.4, -0.2) is 15.1 Å². The summed E-state index contributed by atoms with van der Waals surface area (Å²) < 4.78 is 44.8. The molecule has 0 saturated carbocycles. The fraction of sp³-hybridized carbons (Fsp3) is 0.529. The monoisotopic (exact) mass is 328 g/mol. The zero-order chi connectivity index (χ0) is 17.1. The van der Waals surface area contributed by atoms with Crippen molar-refractivity contribution in [3.05, 3.63) is 35.4 Å². The summed E-state index contributed by atoms with van der Waals surface area (Å²) in [6.45, 7) is 10.0. The fourth-order valence-corrected chi connectivity index (χ4v) is 3.49. The third kappa shape index (κ3) is 4.89. The number of hydrogen-bond acceptors (Lipinski definition) is 1. The van der Waals surface area contributed by atoms with Gasteiger partial charge < -0.3 is 4.43 Å². The van der Waals surface area contributed by atoms with Crippen molar-refractivity contribution in [2.75, 3.05) is 0 Å². The quantitative estimate of drug-likeness (QED) is 0.568. The van der Waals surface area contributed by atoms with E-state index in [1.807, 2.05) is 33.9 Å². The van der Waals surface area contributed by atoms with Gasteiger partial charge in [0.25, 0.3) is 0 Å². The molecule has 2 atom stereocenters. The van der Waals surface area contributed by atoms with Crippen LogP contribution < -0.4 is 0 Å². The largest absolute Gasteiger partial charge is 0.416 e. The molecule has 22 heavy (non-hydrogen) atoms. The second kappa shape index (κ2) is 6.89. The summed E-state index contributed by atoms with van der Waals surface area (Å²) in [5.41, 5.74) is -0.464. The van der Waals surface area contributed by atoms with Gasteiger partial charge in [0.2, 0.25) is 0 Å². The lowest BCUT2D eigenvalue weighted by molar-refractivity contribution is -0.137. The minimum Gasteiger partial charge on any atom is -0.416 e. The first-order valence-electron chi connectivity index (χ1n) is 7.25. The topological polar surface area (TPSA) is 9.23 Å². The highest BCUT2D eigenvalue weighted by Crippen LogP contribution is 2.37.